The number of nitrogens with one attached hydrogen (secondary N) is 2. The van der Waals surface area contributed by atoms with E-state index in [0.29, 0.717) is 11.4 Å². The van der Waals surface area contributed by atoms with Gasteiger partial charge in [0.1, 0.15) is 5.41 Å². The Balaban J connectivity index is 1.90. The van der Waals surface area contributed by atoms with Gasteiger partial charge >= 0.3 is 6.03 Å². The molecular formula is C18H16ClN3O3. The van der Waals surface area contributed by atoms with Gasteiger partial charge in [-0.3, -0.25) is 25.2 Å². The van der Waals surface area contributed by atoms with Crippen molar-refractivity contribution in [1.82, 2.24) is 15.6 Å². The molecule has 1 fully saturated rings. The minimum atomic E-state index is -1.36. The zero-order chi connectivity index (χ0) is 17.9. The Hall–Kier alpha value is -2.73. The topological polar surface area (TPSA) is 88.2 Å². The average molecular weight is 358 g/mol. The van der Waals surface area contributed by atoms with Crippen molar-refractivity contribution in [3.8, 4) is 0 Å². The number of carbonyl (C=O) groups is 3. The van der Waals surface area contributed by atoms with Crippen LogP contribution in [0.4, 0.5) is 4.79 Å². The number of aryl methyl sites for hydroxylation is 1. The van der Waals surface area contributed by atoms with E-state index < -0.39 is 23.3 Å². The number of halogens is 1. The molecule has 1 saturated heterocycles. The van der Waals surface area contributed by atoms with Gasteiger partial charge < -0.3 is 0 Å². The molecule has 0 saturated carbocycles. The quantitative estimate of drug-likeness (QED) is 0.803. The lowest BCUT2D eigenvalue weighted by Gasteiger charge is -2.34. The number of urea groups is 1. The van der Waals surface area contributed by atoms with Gasteiger partial charge in [0.2, 0.25) is 11.8 Å². The summed E-state index contributed by atoms with van der Waals surface area (Å²) in [5.74, 6) is -1.16. The van der Waals surface area contributed by atoms with Crippen LogP contribution in [0.3, 0.4) is 0 Å². The van der Waals surface area contributed by atoms with Crippen LogP contribution in [0.15, 0.2) is 48.8 Å². The van der Waals surface area contributed by atoms with Gasteiger partial charge in [0.15, 0.2) is 0 Å². The van der Waals surface area contributed by atoms with E-state index in [4.69, 9.17) is 11.6 Å². The summed E-state index contributed by atoms with van der Waals surface area (Å²) in [5, 5.41) is 5.01. The number of pyridine rings is 1. The Kier molecular flexibility index (Phi) is 4.81. The number of barbiturate groups is 1. The molecule has 1 aromatic carbocycles. The van der Waals surface area contributed by atoms with E-state index in [1.54, 1.807) is 36.7 Å². The van der Waals surface area contributed by atoms with E-state index in [1.807, 2.05) is 12.1 Å². The highest BCUT2D eigenvalue weighted by molar-refractivity contribution is 6.30. The Morgan fingerprint density at radius 1 is 0.880 bits per heavy atom. The van der Waals surface area contributed by atoms with Crippen molar-refractivity contribution in [2.24, 2.45) is 5.41 Å². The Morgan fingerprint density at radius 3 is 2.08 bits per heavy atom. The molecule has 2 heterocycles. The van der Waals surface area contributed by atoms with E-state index in [1.165, 1.54) is 0 Å². The second kappa shape index (κ2) is 7.03. The number of amides is 4. The first-order valence-electron chi connectivity index (χ1n) is 7.80. The van der Waals surface area contributed by atoms with Gasteiger partial charge in [0.25, 0.3) is 0 Å². The fourth-order valence-electron chi connectivity index (χ4n) is 2.91. The van der Waals surface area contributed by atoms with Crippen molar-refractivity contribution in [1.29, 1.82) is 0 Å². The molecule has 1 aromatic heterocycles. The first kappa shape index (κ1) is 17.1. The Labute approximate surface area is 149 Å². The number of benzene rings is 1. The molecule has 6 nitrogen and oxygen atoms in total. The number of aromatic nitrogens is 1. The van der Waals surface area contributed by atoms with E-state index >= 15 is 0 Å². The zero-order valence-electron chi connectivity index (χ0n) is 13.3. The highest BCUT2D eigenvalue weighted by Gasteiger charge is 2.49. The van der Waals surface area contributed by atoms with Gasteiger partial charge in [-0.15, -0.1) is 0 Å². The van der Waals surface area contributed by atoms with Gasteiger partial charge in [0, 0.05) is 17.4 Å². The summed E-state index contributed by atoms with van der Waals surface area (Å²) in [7, 11) is 0. The minimum Gasteiger partial charge on any atom is -0.277 e. The molecule has 0 aliphatic carbocycles. The first-order valence-corrected chi connectivity index (χ1v) is 8.18. The van der Waals surface area contributed by atoms with Crippen LogP contribution in [0, 0.1) is 5.41 Å². The summed E-state index contributed by atoms with van der Waals surface area (Å²) >= 11 is 5.90. The van der Waals surface area contributed by atoms with Crippen molar-refractivity contribution >= 4 is 29.4 Å². The third-order valence-electron chi connectivity index (χ3n) is 4.33. The van der Waals surface area contributed by atoms with Crippen LogP contribution in [0.5, 0.6) is 0 Å². The lowest BCUT2D eigenvalue weighted by molar-refractivity contribution is -0.144. The molecule has 0 bridgehead atoms. The number of hydrogen-bond acceptors (Lipinski definition) is 4. The fourth-order valence-corrected chi connectivity index (χ4v) is 3.04. The van der Waals surface area contributed by atoms with Crippen molar-refractivity contribution in [2.45, 2.75) is 19.3 Å². The summed E-state index contributed by atoms with van der Waals surface area (Å²) < 4.78 is 0. The van der Waals surface area contributed by atoms with Crippen molar-refractivity contribution in [3.05, 3.63) is 64.9 Å². The summed E-state index contributed by atoms with van der Waals surface area (Å²) in [6.45, 7) is 0. The third-order valence-corrected chi connectivity index (χ3v) is 4.58. The monoisotopic (exact) mass is 357 g/mol. The smallest absolute Gasteiger partial charge is 0.277 e. The van der Waals surface area contributed by atoms with Crippen molar-refractivity contribution in [3.63, 3.8) is 0 Å². The molecule has 2 aromatic rings. The molecule has 3 rings (SSSR count). The van der Waals surface area contributed by atoms with Crippen LogP contribution in [0.1, 0.15) is 17.5 Å². The molecule has 25 heavy (non-hydrogen) atoms. The van der Waals surface area contributed by atoms with Crippen LogP contribution >= 0.6 is 11.6 Å². The van der Waals surface area contributed by atoms with Crippen LogP contribution < -0.4 is 10.6 Å². The number of rotatable bonds is 5. The molecule has 2 N–H and O–H groups in total. The van der Waals surface area contributed by atoms with E-state index in [-0.39, 0.29) is 12.8 Å². The molecule has 128 valence electrons. The second-order valence-electron chi connectivity index (χ2n) is 5.98. The maximum absolute atomic E-state index is 12.6. The van der Waals surface area contributed by atoms with E-state index in [9.17, 15) is 14.4 Å². The molecule has 1 aliphatic rings. The van der Waals surface area contributed by atoms with Crippen LogP contribution in [-0.4, -0.2) is 22.8 Å². The molecule has 7 heteroatoms. The Bertz CT molecular complexity index is 786. The molecule has 1 aliphatic heterocycles. The van der Waals surface area contributed by atoms with Crippen LogP contribution in [0.2, 0.25) is 5.02 Å². The maximum atomic E-state index is 12.6. The third kappa shape index (κ3) is 3.69. The largest absolute Gasteiger partial charge is 0.328 e. The molecule has 0 unspecified atom stereocenters. The van der Waals surface area contributed by atoms with Gasteiger partial charge in [-0.2, -0.15) is 0 Å². The predicted octanol–water partition coefficient (Wildman–Crippen LogP) is 2.26. The van der Waals surface area contributed by atoms with Gasteiger partial charge in [-0.1, -0.05) is 23.7 Å². The predicted molar refractivity (Wildman–Crippen MR) is 91.8 cm³/mol. The lowest BCUT2D eigenvalue weighted by atomic mass is 9.74. The van der Waals surface area contributed by atoms with Gasteiger partial charge in [-0.25, -0.2) is 4.79 Å². The maximum Gasteiger partial charge on any atom is 0.328 e. The number of hydrogen-bond donors (Lipinski definition) is 2. The highest BCUT2D eigenvalue weighted by Crippen LogP contribution is 2.32. The van der Waals surface area contributed by atoms with E-state index in [2.05, 4.69) is 15.6 Å². The zero-order valence-corrected chi connectivity index (χ0v) is 14.0. The minimum absolute atomic E-state index is 0.181. The van der Waals surface area contributed by atoms with Crippen LogP contribution in [0.25, 0.3) is 0 Å². The fraction of sp³-hybridized carbons (Fsp3) is 0.222. The summed E-state index contributed by atoms with van der Waals surface area (Å²) in [5.41, 5.74) is 0.395. The summed E-state index contributed by atoms with van der Waals surface area (Å²) in [4.78, 5) is 40.6. The molecular weight excluding hydrogens is 342 g/mol. The van der Waals surface area contributed by atoms with Gasteiger partial charge in [-0.05, 0) is 54.7 Å². The first-order chi connectivity index (χ1) is 12.0. The number of carbonyl (C=O) groups excluding carboxylic acids is 3. The molecule has 0 atom stereocenters. The highest BCUT2D eigenvalue weighted by atomic mass is 35.5. The van der Waals surface area contributed by atoms with Crippen molar-refractivity contribution < 1.29 is 14.4 Å². The normalized spacial score (nSPS) is 16.3. The number of nitrogens with zero attached hydrogens (tertiary/aromatic N) is 1. The standard InChI is InChI=1S/C18H16ClN3O3/c19-14-3-1-13(2-4-14)11-18(8-5-12-6-9-20-10-7-12)15(23)21-17(25)22-16(18)24/h1-4,6-7,9-10H,5,8,11H2,(H2,21,22,23,24,25). The second-order valence-corrected chi connectivity index (χ2v) is 6.41. The molecule has 4 amide bonds. The molecule has 0 spiro atoms. The summed E-state index contributed by atoms with van der Waals surface area (Å²) in [6, 6.07) is 9.83. The van der Waals surface area contributed by atoms with Crippen molar-refractivity contribution in [2.75, 3.05) is 0 Å². The Morgan fingerprint density at radius 2 is 1.48 bits per heavy atom. The van der Waals surface area contributed by atoms with Gasteiger partial charge in [0.05, 0.1) is 0 Å². The van der Waals surface area contributed by atoms with E-state index in [0.717, 1.165) is 11.1 Å². The SMILES string of the molecule is O=C1NC(=O)C(CCc2ccncc2)(Cc2ccc(Cl)cc2)C(=O)N1. The molecule has 0 radical (unpaired) electrons. The van der Waals surface area contributed by atoms with Crippen LogP contribution in [-0.2, 0) is 22.4 Å². The number of imide groups is 2. The summed E-state index contributed by atoms with van der Waals surface area (Å²) in [6.07, 6.45) is 4.27. The lowest BCUT2D eigenvalue weighted by Crippen LogP contribution is -2.63. The average Bonchev–Trinajstić information content (AvgIpc) is 2.60.